The summed E-state index contributed by atoms with van der Waals surface area (Å²) in [4.78, 5) is 0. The van der Waals surface area contributed by atoms with Crippen LogP contribution in [-0.4, -0.2) is 10.2 Å². The number of alkyl halides is 1. The van der Waals surface area contributed by atoms with Gasteiger partial charge in [0.15, 0.2) is 0 Å². The Bertz CT molecular complexity index is 436. The van der Waals surface area contributed by atoms with E-state index in [9.17, 15) is 0 Å². The molecule has 0 spiro atoms. The number of benzene rings is 1. The Morgan fingerprint density at radius 3 is 2.40 bits per heavy atom. The van der Waals surface area contributed by atoms with E-state index in [0.29, 0.717) is 18.2 Å². The minimum absolute atomic E-state index is 0.265. The molecule has 1 aromatic carbocycles. The first-order valence-corrected chi connectivity index (χ1v) is 5.24. The van der Waals surface area contributed by atoms with Crippen LogP contribution in [0.1, 0.15) is 22.9 Å². The summed E-state index contributed by atoms with van der Waals surface area (Å²) in [6.45, 7) is 2.06. The zero-order chi connectivity index (χ0) is 10.7. The van der Waals surface area contributed by atoms with E-state index in [-0.39, 0.29) is 5.88 Å². The van der Waals surface area contributed by atoms with E-state index in [2.05, 4.69) is 41.4 Å². The minimum Gasteiger partial charge on any atom is -0.424 e. The smallest absolute Gasteiger partial charge is 0.231 e. The fourth-order valence-electron chi connectivity index (χ4n) is 1.29. The van der Waals surface area contributed by atoms with Gasteiger partial charge in [-0.25, -0.2) is 0 Å². The van der Waals surface area contributed by atoms with Crippen molar-refractivity contribution in [3.8, 4) is 0 Å². The Hall–Kier alpha value is -1.35. The molecule has 0 fully saturated rings. The summed E-state index contributed by atoms with van der Waals surface area (Å²) in [6.07, 6.45) is 0.657. The number of rotatable bonds is 3. The third-order valence-electron chi connectivity index (χ3n) is 2.10. The molecule has 15 heavy (non-hydrogen) atoms. The summed E-state index contributed by atoms with van der Waals surface area (Å²) in [7, 11) is 0. The normalized spacial score (nSPS) is 10.5. The second kappa shape index (κ2) is 4.45. The van der Waals surface area contributed by atoms with Gasteiger partial charge in [0, 0.05) is 0 Å². The molecule has 0 saturated heterocycles. The predicted octanol–water partition coefficient (Wildman–Crippen LogP) is 2.71. The van der Waals surface area contributed by atoms with Crippen molar-refractivity contribution in [3.63, 3.8) is 0 Å². The van der Waals surface area contributed by atoms with Crippen LogP contribution >= 0.6 is 11.6 Å². The lowest BCUT2D eigenvalue weighted by Crippen LogP contribution is -1.88. The Morgan fingerprint density at radius 2 is 1.80 bits per heavy atom. The van der Waals surface area contributed by atoms with E-state index >= 15 is 0 Å². The Balaban J connectivity index is 2.11. The highest BCUT2D eigenvalue weighted by atomic mass is 35.5. The zero-order valence-corrected chi connectivity index (χ0v) is 9.16. The van der Waals surface area contributed by atoms with Crippen molar-refractivity contribution in [3.05, 3.63) is 47.2 Å². The number of nitrogens with zero attached hydrogens (tertiary/aromatic N) is 2. The van der Waals surface area contributed by atoms with E-state index in [1.54, 1.807) is 0 Å². The summed E-state index contributed by atoms with van der Waals surface area (Å²) >= 11 is 5.57. The van der Waals surface area contributed by atoms with Gasteiger partial charge in [-0.3, -0.25) is 0 Å². The molecule has 1 heterocycles. The summed E-state index contributed by atoms with van der Waals surface area (Å²) < 4.78 is 5.31. The molecule has 0 bridgehead atoms. The van der Waals surface area contributed by atoms with Crippen LogP contribution in [0.3, 0.4) is 0 Å². The standard InChI is InChI=1S/C11H11ClN2O/c1-8-2-4-9(5-3-8)6-10-13-14-11(7-12)15-10/h2-5H,6-7H2,1H3. The molecule has 0 aliphatic rings. The number of aromatic nitrogens is 2. The first-order chi connectivity index (χ1) is 7.28. The van der Waals surface area contributed by atoms with Crippen LogP contribution in [0.2, 0.25) is 0 Å². The van der Waals surface area contributed by atoms with Crippen LogP contribution in [0.4, 0.5) is 0 Å². The van der Waals surface area contributed by atoms with Crippen LogP contribution < -0.4 is 0 Å². The van der Waals surface area contributed by atoms with Gasteiger partial charge >= 0.3 is 0 Å². The van der Waals surface area contributed by atoms with Gasteiger partial charge in [0.1, 0.15) is 5.88 Å². The molecule has 3 nitrogen and oxygen atoms in total. The molecule has 0 unspecified atom stereocenters. The van der Waals surface area contributed by atoms with Gasteiger partial charge in [-0.1, -0.05) is 29.8 Å². The van der Waals surface area contributed by atoms with E-state index in [0.717, 1.165) is 5.56 Å². The van der Waals surface area contributed by atoms with Crippen LogP contribution in [0.25, 0.3) is 0 Å². The monoisotopic (exact) mass is 222 g/mol. The molecule has 0 atom stereocenters. The van der Waals surface area contributed by atoms with Crippen molar-refractivity contribution in [1.82, 2.24) is 10.2 Å². The zero-order valence-electron chi connectivity index (χ0n) is 8.40. The SMILES string of the molecule is Cc1ccc(Cc2nnc(CCl)o2)cc1. The molecule has 0 radical (unpaired) electrons. The van der Waals surface area contributed by atoms with Crippen LogP contribution in [0.5, 0.6) is 0 Å². The van der Waals surface area contributed by atoms with Gasteiger partial charge in [0.2, 0.25) is 11.8 Å². The van der Waals surface area contributed by atoms with Crippen LogP contribution in [0, 0.1) is 6.92 Å². The van der Waals surface area contributed by atoms with Crippen molar-refractivity contribution in [2.24, 2.45) is 0 Å². The lowest BCUT2D eigenvalue weighted by Gasteiger charge is -1.97. The molecule has 0 aliphatic heterocycles. The average Bonchev–Trinajstić information content (AvgIpc) is 2.69. The third-order valence-corrected chi connectivity index (χ3v) is 2.33. The highest BCUT2D eigenvalue weighted by Gasteiger charge is 2.05. The molecule has 2 aromatic rings. The summed E-state index contributed by atoms with van der Waals surface area (Å²) in [5.41, 5.74) is 2.40. The number of halogens is 1. The van der Waals surface area contributed by atoms with E-state index in [4.69, 9.17) is 16.0 Å². The van der Waals surface area contributed by atoms with Gasteiger partial charge in [-0.2, -0.15) is 0 Å². The lowest BCUT2D eigenvalue weighted by atomic mass is 10.1. The van der Waals surface area contributed by atoms with E-state index in [1.165, 1.54) is 5.56 Å². The number of aryl methyl sites for hydroxylation is 1. The number of hydrogen-bond donors (Lipinski definition) is 0. The summed E-state index contributed by atoms with van der Waals surface area (Å²) in [5.74, 6) is 1.34. The molecule has 0 aliphatic carbocycles. The molecule has 0 amide bonds. The van der Waals surface area contributed by atoms with E-state index in [1.807, 2.05) is 0 Å². The molecule has 1 aromatic heterocycles. The van der Waals surface area contributed by atoms with Crippen LogP contribution in [-0.2, 0) is 12.3 Å². The van der Waals surface area contributed by atoms with Crippen LogP contribution in [0.15, 0.2) is 28.7 Å². The molecular formula is C11H11ClN2O. The largest absolute Gasteiger partial charge is 0.424 e. The first-order valence-electron chi connectivity index (χ1n) is 4.70. The highest BCUT2D eigenvalue weighted by Crippen LogP contribution is 2.10. The molecule has 0 saturated carbocycles. The van der Waals surface area contributed by atoms with Gasteiger partial charge < -0.3 is 4.42 Å². The minimum atomic E-state index is 0.265. The van der Waals surface area contributed by atoms with Crippen molar-refractivity contribution in [2.75, 3.05) is 0 Å². The fraction of sp³-hybridized carbons (Fsp3) is 0.273. The van der Waals surface area contributed by atoms with Gasteiger partial charge in [0.05, 0.1) is 6.42 Å². The molecular weight excluding hydrogens is 212 g/mol. The van der Waals surface area contributed by atoms with Crippen molar-refractivity contribution < 1.29 is 4.42 Å². The van der Waals surface area contributed by atoms with Crippen molar-refractivity contribution >= 4 is 11.6 Å². The molecule has 2 rings (SSSR count). The van der Waals surface area contributed by atoms with Gasteiger partial charge in [0.25, 0.3) is 0 Å². The lowest BCUT2D eigenvalue weighted by molar-refractivity contribution is 0.473. The fourth-order valence-corrected chi connectivity index (χ4v) is 1.40. The molecule has 78 valence electrons. The van der Waals surface area contributed by atoms with Gasteiger partial charge in [-0.15, -0.1) is 21.8 Å². The topological polar surface area (TPSA) is 38.9 Å². The molecule has 4 heteroatoms. The first kappa shape index (κ1) is 10.2. The second-order valence-electron chi connectivity index (χ2n) is 3.39. The third kappa shape index (κ3) is 2.57. The predicted molar refractivity (Wildman–Crippen MR) is 57.8 cm³/mol. The maximum Gasteiger partial charge on any atom is 0.231 e. The Kier molecular flexibility index (Phi) is 3.02. The maximum absolute atomic E-state index is 5.57. The average molecular weight is 223 g/mol. The quantitative estimate of drug-likeness (QED) is 0.750. The Labute approximate surface area is 93.1 Å². The summed E-state index contributed by atoms with van der Waals surface area (Å²) in [5, 5.41) is 7.70. The highest BCUT2D eigenvalue weighted by molar-refractivity contribution is 6.16. The Morgan fingerprint density at radius 1 is 1.13 bits per heavy atom. The van der Waals surface area contributed by atoms with E-state index < -0.39 is 0 Å². The van der Waals surface area contributed by atoms with Crippen molar-refractivity contribution in [2.45, 2.75) is 19.2 Å². The molecule has 0 N–H and O–H groups in total. The van der Waals surface area contributed by atoms with Gasteiger partial charge in [-0.05, 0) is 12.5 Å². The summed E-state index contributed by atoms with van der Waals surface area (Å²) in [6, 6.07) is 8.24. The second-order valence-corrected chi connectivity index (χ2v) is 3.65. The number of hydrogen-bond acceptors (Lipinski definition) is 3. The van der Waals surface area contributed by atoms with Crippen molar-refractivity contribution in [1.29, 1.82) is 0 Å². The maximum atomic E-state index is 5.57.